The molecule has 0 unspecified atom stereocenters. The smallest absolute Gasteiger partial charge is 0.153 e. The Morgan fingerprint density at radius 2 is 1.94 bits per heavy atom. The monoisotopic (exact) mass is 257 g/mol. The Morgan fingerprint density at radius 1 is 1.17 bits per heavy atom. The number of hydrogen-bond acceptors (Lipinski definition) is 3. The van der Waals surface area contributed by atoms with E-state index in [-0.39, 0.29) is 0 Å². The van der Waals surface area contributed by atoms with E-state index in [1.54, 1.807) is 0 Å². The highest BCUT2D eigenvalue weighted by molar-refractivity contribution is 7.11. The molecule has 2 aromatic heterocycles. The van der Waals surface area contributed by atoms with Crippen LogP contribution in [0.2, 0.25) is 0 Å². The Morgan fingerprint density at radius 3 is 2.72 bits per heavy atom. The van der Waals surface area contributed by atoms with Crippen molar-refractivity contribution in [3.05, 3.63) is 46.2 Å². The molecule has 0 aliphatic carbocycles. The Hall–Kier alpha value is -1.81. The van der Waals surface area contributed by atoms with Gasteiger partial charge in [0.2, 0.25) is 0 Å². The van der Waals surface area contributed by atoms with E-state index < -0.39 is 0 Å². The van der Waals surface area contributed by atoms with Gasteiger partial charge in [0.05, 0.1) is 12.1 Å². The molecule has 0 saturated heterocycles. The van der Waals surface area contributed by atoms with Gasteiger partial charge in [0.15, 0.2) is 5.82 Å². The highest BCUT2D eigenvalue weighted by atomic mass is 32.1. The quantitative estimate of drug-likeness (QED) is 0.782. The van der Waals surface area contributed by atoms with Crippen LogP contribution in [0.3, 0.4) is 0 Å². The van der Waals surface area contributed by atoms with E-state index in [4.69, 9.17) is 5.73 Å². The minimum Gasteiger partial charge on any atom is -0.382 e. The second-order valence-corrected chi connectivity index (χ2v) is 5.53. The van der Waals surface area contributed by atoms with Crippen molar-refractivity contribution < 1.29 is 0 Å². The molecule has 1 aromatic carbocycles. The van der Waals surface area contributed by atoms with Gasteiger partial charge < -0.3 is 5.73 Å². The Kier molecular flexibility index (Phi) is 2.80. The van der Waals surface area contributed by atoms with Crippen LogP contribution in [-0.4, -0.2) is 9.78 Å². The number of rotatable bonds is 3. The third-order valence-electron chi connectivity index (χ3n) is 3.06. The summed E-state index contributed by atoms with van der Waals surface area (Å²) >= 11 is 1.84. The molecule has 0 radical (unpaired) electrons. The lowest BCUT2D eigenvalue weighted by molar-refractivity contribution is 0.725. The molecular weight excluding hydrogens is 242 g/mol. The highest BCUT2D eigenvalue weighted by Crippen LogP contribution is 2.23. The Labute approximate surface area is 110 Å². The van der Waals surface area contributed by atoms with Gasteiger partial charge in [-0.3, -0.25) is 4.68 Å². The average Bonchev–Trinajstić information content (AvgIpc) is 2.97. The number of anilines is 1. The van der Waals surface area contributed by atoms with Crippen molar-refractivity contribution >= 4 is 28.1 Å². The molecule has 18 heavy (non-hydrogen) atoms. The highest BCUT2D eigenvalue weighted by Gasteiger charge is 2.08. The number of aryl methyl sites for hydroxylation is 1. The zero-order chi connectivity index (χ0) is 12.5. The molecule has 0 saturated carbocycles. The summed E-state index contributed by atoms with van der Waals surface area (Å²) in [6, 6.07) is 12.5. The van der Waals surface area contributed by atoms with E-state index in [0.29, 0.717) is 5.82 Å². The largest absolute Gasteiger partial charge is 0.382 e. The molecule has 3 rings (SSSR count). The number of thiophene rings is 1. The van der Waals surface area contributed by atoms with Crippen molar-refractivity contribution in [2.24, 2.45) is 0 Å². The lowest BCUT2D eigenvalue weighted by atomic mass is 10.2. The number of nitrogens with zero attached hydrogens (tertiary/aromatic N) is 2. The van der Waals surface area contributed by atoms with E-state index in [2.05, 4.69) is 30.2 Å². The first-order valence-corrected chi connectivity index (χ1v) is 6.88. The minimum absolute atomic E-state index is 0.609. The summed E-state index contributed by atoms with van der Waals surface area (Å²) in [6.45, 7) is 2.97. The fourth-order valence-electron chi connectivity index (χ4n) is 2.12. The van der Waals surface area contributed by atoms with Crippen molar-refractivity contribution in [1.29, 1.82) is 0 Å². The van der Waals surface area contributed by atoms with Gasteiger partial charge in [-0.15, -0.1) is 11.3 Å². The topological polar surface area (TPSA) is 43.8 Å². The van der Waals surface area contributed by atoms with Crippen molar-refractivity contribution in [2.75, 3.05) is 5.73 Å². The molecule has 3 nitrogen and oxygen atoms in total. The van der Waals surface area contributed by atoms with Gasteiger partial charge in [-0.25, -0.2) is 0 Å². The van der Waals surface area contributed by atoms with E-state index in [9.17, 15) is 0 Å². The summed E-state index contributed by atoms with van der Waals surface area (Å²) in [4.78, 5) is 2.73. The molecule has 0 aliphatic rings. The van der Waals surface area contributed by atoms with Gasteiger partial charge in [-0.2, -0.15) is 5.10 Å². The normalized spacial score (nSPS) is 11.2. The molecule has 0 fully saturated rings. The summed E-state index contributed by atoms with van der Waals surface area (Å²) < 4.78 is 1.98. The SMILES string of the molecule is CCc1ccc(Cn2nc(N)c3ccccc32)s1. The number of para-hydroxylation sites is 1. The first kappa shape index (κ1) is 11.3. The maximum absolute atomic E-state index is 5.93. The fraction of sp³-hybridized carbons (Fsp3) is 0.214. The molecule has 0 aliphatic heterocycles. The number of benzene rings is 1. The van der Waals surface area contributed by atoms with Crippen molar-refractivity contribution in [3.8, 4) is 0 Å². The molecule has 2 N–H and O–H groups in total. The number of aromatic nitrogens is 2. The predicted octanol–water partition coefficient (Wildman–Crippen LogP) is 3.29. The molecule has 0 amide bonds. The van der Waals surface area contributed by atoms with E-state index >= 15 is 0 Å². The second-order valence-electron chi connectivity index (χ2n) is 4.28. The molecule has 0 bridgehead atoms. The molecule has 3 aromatic rings. The molecule has 4 heteroatoms. The summed E-state index contributed by atoms with van der Waals surface area (Å²) in [7, 11) is 0. The van der Waals surface area contributed by atoms with Crippen molar-refractivity contribution in [3.63, 3.8) is 0 Å². The average molecular weight is 257 g/mol. The van der Waals surface area contributed by atoms with Gasteiger partial charge >= 0.3 is 0 Å². The first-order valence-electron chi connectivity index (χ1n) is 6.06. The standard InChI is InChI=1S/C14H15N3S/c1-2-10-7-8-11(18-10)9-17-13-6-4-3-5-12(13)14(15)16-17/h3-8H,2,9H2,1H3,(H2,15,16). The van der Waals surface area contributed by atoms with Gasteiger partial charge in [0, 0.05) is 15.1 Å². The molecule has 2 heterocycles. The minimum atomic E-state index is 0.609. The van der Waals surface area contributed by atoms with Crippen LogP contribution >= 0.6 is 11.3 Å². The van der Waals surface area contributed by atoms with E-state index in [1.807, 2.05) is 34.2 Å². The third kappa shape index (κ3) is 1.88. The van der Waals surface area contributed by atoms with Crippen LogP contribution in [0.1, 0.15) is 16.7 Å². The molecular formula is C14H15N3S. The Bertz CT molecular complexity index is 681. The van der Waals surface area contributed by atoms with Gasteiger partial charge in [0.25, 0.3) is 0 Å². The van der Waals surface area contributed by atoms with Crippen LogP contribution in [0, 0.1) is 0 Å². The van der Waals surface area contributed by atoms with Crippen LogP contribution in [-0.2, 0) is 13.0 Å². The number of fused-ring (bicyclic) bond motifs is 1. The first-order chi connectivity index (χ1) is 8.78. The summed E-state index contributed by atoms with van der Waals surface area (Å²) in [6.07, 6.45) is 1.09. The van der Waals surface area contributed by atoms with Crippen LogP contribution in [0.15, 0.2) is 36.4 Å². The van der Waals surface area contributed by atoms with Gasteiger partial charge in [-0.05, 0) is 30.7 Å². The molecule has 92 valence electrons. The zero-order valence-corrected chi connectivity index (χ0v) is 11.1. The second kappa shape index (κ2) is 4.46. The zero-order valence-electron chi connectivity index (χ0n) is 10.3. The lowest BCUT2D eigenvalue weighted by Crippen LogP contribution is -2.00. The third-order valence-corrected chi connectivity index (χ3v) is 4.27. The van der Waals surface area contributed by atoms with Gasteiger partial charge in [0.1, 0.15) is 0 Å². The van der Waals surface area contributed by atoms with E-state index in [0.717, 1.165) is 23.9 Å². The summed E-state index contributed by atoms with van der Waals surface area (Å²) in [5, 5.41) is 5.45. The van der Waals surface area contributed by atoms with Crippen LogP contribution in [0.4, 0.5) is 5.82 Å². The lowest BCUT2D eigenvalue weighted by Gasteiger charge is -2.00. The fourth-order valence-corrected chi connectivity index (χ4v) is 3.06. The van der Waals surface area contributed by atoms with Gasteiger partial charge in [-0.1, -0.05) is 19.1 Å². The number of nitrogens with two attached hydrogens (primary N) is 1. The predicted molar refractivity (Wildman–Crippen MR) is 76.9 cm³/mol. The maximum Gasteiger partial charge on any atom is 0.153 e. The summed E-state index contributed by atoms with van der Waals surface area (Å²) in [5.74, 6) is 0.609. The summed E-state index contributed by atoms with van der Waals surface area (Å²) in [5.41, 5.74) is 7.03. The van der Waals surface area contributed by atoms with Crippen LogP contribution in [0.5, 0.6) is 0 Å². The van der Waals surface area contributed by atoms with Crippen molar-refractivity contribution in [1.82, 2.24) is 9.78 Å². The Balaban J connectivity index is 1.99. The number of nitrogen functional groups attached to an aromatic ring is 1. The van der Waals surface area contributed by atoms with E-state index in [1.165, 1.54) is 9.75 Å². The maximum atomic E-state index is 5.93. The number of hydrogen-bond donors (Lipinski definition) is 1. The van der Waals surface area contributed by atoms with Crippen LogP contribution < -0.4 is 5.73 Å². The molecule has 0 spiro atoms. The molecule has 0 atom stereocenters. The van der Waals surface area contributed by atoms with Crippen molar-refractivity contribution in [2.45, 2.75) is 19.9 Å². The van der Waals surface area contributed by atoms with Crippen LogP contribution in [0.25, 0.3) is 10.9 Å².